The first kappa shape index (κ1) is 15.3. The average Bonchev–Trinajstić information content (AvgIpc) is 3.03. The van der Waals surface area contributed by atoms with E-state index in [1.165, 1.54) is 0 Å². The van der Waals surface area contributed by atoms with Gasteiger partial charge in [-0.25, -0.2) is 14.2 Å². The molecular weight excluding hydrogens is 292 g/mol. The van der Waals surface area contributed by atoms with Crippen molar-refractivity contribution in [2.24, 2.45) is 0 Å². The van der Waals surface area contributed by atoms with Crippen LogP contribution in [0.2, 0.25) is 0 Å². The van der Waals surface area contributed by atoms with Gasteiger partial charge in [0.25, 0.3) is 0 Å². The molecule has 6 heteroatoms. The number of benzene rings is 1. The second kappa shape index (κ2) is 5.87. The van der Waals surface area contributed by atoms with Gasteiger partial charge in [0.2, 0.25) is 0 Å². The van der Waals surface area contributed by atoms with Crippen molar-refractivity contribution in [3.63, 3.8) is 0 Å². The third-order valence-corrected chi connectivity index (χ3v) is 4.12. The molecule has 0 fully saturated rings. The Kier molecular flexibility index (Phi) is 3.90. The largest absolute Gasteiger partial charge is 0.364 e. The lowest BCUT2D eigenvalue weighted by molar-refractivity contribution is 0.391. The van der Waals surface area contributed by atoms with Crippen molar-refractivity contribution in [2.45, 2.75) is 40.7 Å². The summed E-state index contributed by atoms with van der Waals surface area (Å²) in [5.41, 5.74) is 4.87. The summed E-state index contributed by atoms with van der Waals surface area (Å²) in [6, 6.07) is 6.17. The normalized spacial score (nSPS) is 11.1. The fourth-order valence-electron chi connectivity index (χ4n) is 2.76. The first-order valence-corrected chi connectivity index (χ1v) is 7.61. The Bertz CT molecular complexity index is 882. The molecule has 3 aromatic rings. The maximum atomic E-state index is 12.1. The van der Waals surface area contributed by atoms with Gasteiger partial charge in [-0.05, 0) is 51.3 Å². The molecule has 0 saturated carbocycles. The molecule has 2 heterocycles. The number of nitrogens with zero attached hydrogens (tertiary/aromatic N) is 4. The Hall–Kier alpha value is -2.63. The highest BCUT2D eigenvalue weighted by molar-refractivity contribution is 5.42. The van der Waals surface area contributed by atoms with E-state index in [1.807, 2.05) is 38.4 Å². The average molecular weight is 312 g/mol. The summed E-state index contributed by atoms with van der Waals surface area (Å²) >= 11 is 0. The van der Waals surface area contributed by atoms with Crippen LogP contribution < -0.4 is 5.69 Å². The Morgan fingerprint density at radius 2 is 1.96 bits per heavy atom. The quantitative estimate of drug-likeness (QED) is 0.742. The molecule has 120 valence electrons. The molecule has 0 unspecified atom stereocenters. The van der Waals surface area contributed by atoms with Crippen molar-refractivity contribution in [3.8, 4) is 5.69 Å². The number of rotatable bonds is 4. The molecule has 0 N–H and O–H groups in total. The van der Waals surface area contributed by atoms with Crippen molar-refractivity contribution in [2.75, 3.05) is 0 Å². The highest BCUT2D eigenvalue weighted by atomic mass is 16.5. The third kappa shape index (κ3) is 2.84. The van der Waals surface area contributed by atoms with Crippen LogP contribution in [0.25, 0.3) is 5.69 Å². The van der Waals surface area contributed by atoms with E-state index in [0.717, 1.165) is 33.8 Å². The molecule has 0 amide bonds. The molecule has 0 spiro atoms. The second-order valence-corrected chi connectivity index (χ2v) is 5.84. The van der Waals surface area contributed by atoms with Crippen LogP contribution in [0.1, 0.15) is 28.1 Å². The van der Waals surface area contributed by atoms with E-state index in [2.05, 4.69) is 22.3 Å². The minimum absolute atomic E-state index is 0.252. The molecule has 0 atom stereocenters. The summed E-state index contributed by atoms with van der Waals surface area (Å²) in [7, 11) is 0. The van der Waals surface area contributed by atoms with Gasteiger partial charge in [-0.1, -0.05) is 17.3 Å². The monoisotopic (exact) mass is 312 g/mol. The molecule has 0 aliphatic carbocycles. The number of hydrogen-bond donors (Lipinski definition) is 0. The molecule has 0 aliphatic heterocycles. The molecule has 0 aliphatic rings. The molecule has 3 rings (SSSR count). The standard InChI is InChI=1S/C17H20N4O2/c1-11-5-6-12(2)16(9-11)21-10-18-17(22)20(21)8-7-15-13(3)19-23-14(15)4/h5-6,9-10H,7-8H2,1-4H3. The lowest BCUT2D eigenvalue weighted by Gasteiger charge is -2.13. The Labute approximate surface area is 134 Å². The Morgan fingerprint density at radius 3 is 2.65 bits per heavy atom. The summed E-state index contributed by atoms with van der Waals surface area (Å²) in [6.07, 6.45) is 2.26. The lowest BCUT2D eigenvalue weighted by Crippen LogP contribution is -2.24. The zero-order chi connectivity index (χ0) is 16.6. The molecule has 0 bridgehead atoms. The topological polar surface area (TPSA) is 65.8 Å². The Balaban J connectivity index is 1.96. The third-order valence-electron chi connectivity index (χ3n) is 4.12. The van der Waals surface area contributed by atoms with E-state index in [9.17, 15) is 4.79 Å². The van der Waals surface area contributed by atoms with Crippen molar-refractivity contribution < 1.29 is 4.52 Å². The fourth-order valence-corrected chi connectivity index (χ4v) is 2.76. The van der Waals surface area contributed by atoms with Gasteiger partial charge in [0, 0.05) is 12.1 Å². The first-order chi connectivity index (χ1) is 11.0. The predicted octanol–water partition coefficient (Wildman–Crippen LogP) is 2.50. The van der Waals surface area contributed by atoms with Crippen molar-refractivity contribution in [1.29, 1.82) is 0 Å². The molecule has 0 saturated heterocycles. The predicted molar refractivity (Wildman–Crippen MR) is 87.0 cm³/mol. The van der Waals surface area contributed by atoms with Crippen LogP contribution >= 0.6 is 0 Å². The summed E-state index contributed by atoms with van der Waals surface area (Å²) in [6.45, 7) is 8.38. The van der Waals surface area contributed by atoms with E-state index >= 15 is 0 Å². The molecule has 23 heavy (non-hydrogen) atoms. The molecule has 6 nitrogen and oxygen atoms in total. The van der Waals surface area contributed by atoms with Gasteiger partial charge in [0.15, 0.2) is 0 Å². The van der Waals surface area contributed by atoms with Crippen LogP contribution in [0.5, 0.6) is 0 Å². The SMILES string of the molecule is Cc1ccc(C)c(-n2cnc(=O)n2CCc2c(C)noc2C)c1. The van der Waals surface area contributed by atoms with E-state index in [-0.39, 0.29) is 5.69 Å². The van der Waals surface area contributed by atoms with Crippen LogP contribution in [0.4, 0.5) is 0 Å². The summed E-state index contributed by atoms with van der Waals surface area (Å²) in [4.78, 5) is 16.1. The van der Waals surface area contributed by atoms with Crippen LogP contribution in [-0.4, -0.2) is 19.5 Å². The van der Waals surface area contributed by atoms with Crippen LogP contribution in [0.15, 0.2) is 33.8 Å². The highest BCUT2D eigenvalue weighted by Crippen LogP contribution is 2.16. The van der Waals surface area contributed by atoms with Gasteiger partial charge in [-0.15, -0.1) is 0 Å². The van der Waals surface area contributed by atoms with Crippen LogP contribution in [-0.2, 0) is 13.0 Å². The van der Waals surface area contributed by atoms with E-state index in [0.29, 0.717) is 13.0 Å². The van der Waals surface area contributed by atoms with Crippen LogP contribution in [0.3, 0.4) is 0 Å². The molecular formula is C17H20N4O2. The number of aryl methyl sites for hydroxylation is 4. The number of hydrogen-bond acceptors (Lipinski definition) is 4. The minimum Gasteiger partial charge on any atom is -0.361 e. The smallest absolute Gasteiger partial charge is 0.361 e. The maximum Gasteiger partial charge on any atom is 0.364 e. The molecule has 0 radical (unpaired) electrons. The van der Waals surface area contributed by atoms with E-state index in [1.54, 1.807) is 11.0 Å². The minimum atomic E-state index is -0.252. The zero-order valence-electron chi connectivity index (χ0n) is 13.8. The van der Waals surface area contributed by atoms with Crippen molar-refractivity contribution in [1.82, 2.24) is 19.5 Å². The van der Waals surface area contributed by atoms with Gasteiger partial charge in [-0.2, -0.15) is 4.98 Å². The number of aromatic nitrogens is 4. The van der Waals surface area contributed by atoms with E-state index in [4.69, 9.17) is 4.52 Å². The maximum absolute atomic E-state index is 12.1. The summed E-state index contributed by atoms with van der Waals surface area (Å²) < 4.78 is 8.65. The fraction of sp³-hybridized carbons (Fsp3) is 0.353. The van der Waals surface area contributed by atoms with Gasteiger partial charge < -0.3 is 4.52 Å². The zero-order valence-corrected chi connectivity index (χ0v) is 13.8. The van der Waals surface area contributed by atoms with Gasteiger partial charge in [0.1, 0.15) is 12.1 Å². The van der Waals surface area contributed by atoms with Crippen molar-refractivity contribution >= 4 is 0 Å². The Morgan fingerprint density at radius 1 is 1.17 bits per heavy atom. The highest BCUT2D eigenvalue weighted by Gasteiger charge is 2.13. The van der Waals surface area contributed by atoms with Gasteiger partial charge >= 0.3 is 5.69 Å². The second-order valence-electron chi connectivity index (χ2n) is 5.84. The van der Waals surface area contributed by atoms with Crippen molar-refractivity contribution in [3.05, 3.63) is 63.2 Å². The first-order valence-electron chi connectivity index (χ1n) is 7.61. The van der Waals surface area contributed by atoms with E-state index < -0.39 is 0 Å². The summed E-state index contributed by atoms with van der Waals surface area (Å²) in [5, 5.41) is 3.96. The molecule has 2 aromatic heterocycles. The van der Waals surface area contributed by atoms with Gasteiger partial charge in [-0.3, -0.25) is 0 Å². The molecule has 1 aromatic carbocycles. The summed E-state index contributed by atoms with van der Waals surface area (Å²) in [5.74, 6) is 0.799. The lowest BCUT2D eigenvalue weighted by atomic mass is 10.1. The van der Waals surface area contributed by atoms with Gasteiger partial charge in [0.05, 0.1) is 11.4 Å². The van der Waals surface area contributed by atoms with Crippen LogP contribution in [0, 0.1) is 27.7 Å².